The van der Waals surface area contributed by atoms with Gasteiger partial charge in [-0.2, -0.15) is 0 Å². The maximum atomic E-state index is 12.3. The second kappa shape index (κ2) is 7.77. The Bertz CT molecular complexity index is 897. The van der Waals surface area contributed by atoms with Gasteiger partial charge in [0.05, 0.1) is 13.7 Å². The van der Waals surface area contributed by atoms with E-state index in [0.717, 1.165) is 16.2 Å². The molecule has 8 nitrogen and oxygen atoms in total. The number of hydrogen-bond donors (Lipinski definition) is 1. The Labute approximate surface area is 155 Å². The Morgan fingerprint density at radius 2 is 1.93 bits per heavy atom. The van der Waals surface area contributed by atoms with Crippen LogP contribution in [0.3, 0.4) is 0 Å². The molecule has 0 bridgehead atoms. The number of nitrogens with zero attached hydrogens (tertiary/aromatic N) is 1. The molecule has 3 rings (SSSR count). The molecular formula is C19H18N2O6. The molecule has 0 saturated carbocycles. The number of nitrogens with one attached hydrogen (secondary N) is 1. The number of esters is 1. The largest absolute Gasteiger partial charge is 0.494 e. The average molecular weight is 370 g/mol. The van der Waals surface area contributed by atoms with Gasteiger partial charge in [-0.25, -0.2) is 9.69 Å². The van der Waals surface area contributed by atoms with Gasteiger partial charge in [0.25, 0.3) is 5.91 Å². The molecule has 1 N–H and O–H groups in total. The third-order valence-electron chi connectivity index (χ3n) is 3.84. The van der Waals surface area contributed by atoms with Crippen molar-refractivity contribution in [2.45, 2.75) is 6.92 Å². The van der Waals surface area contributed by atoms with Crippen molar-refractivity contribution >= 4 is 24.0 Å². The van der Waals surface area contributed by atoms with Crippen molar-refractivity contribution in [3.05, 3.63) is 47.9 Å². The van der Waals surface area contributed by atoms with E-state index in [-0.39, 0.29) is 5.70 Å². The molecule has 140 valence electrons. The lowest BCUT2D eigenvalue weighted by atomic mass is 10.2. The molecule has 1 aliphatic heterocycles. The second-order valence-corrected chi connectivity index (χ2v) is 5.62. The van der Waals surface area contributed by atoms with E-state index in [1.807, 2.05) is 31.2 Å². The predicted octanol–water partition coefficient (Wildman–Crippen LogP) is 2.41. The first-order valence-electron chi connectivity index (χ1n) is 8.26. The normalized spacial score (nSPS) is 15.2. The van der Waals surface area contributed by atoms with Crippen molar-refractivity contribution in [1.82, 2.24) is 10.2 Å². The zero-order chi connectivity index (χ0) is 19.4. The highest BCUT2D eigenvalue weighted by atomic mass is 16.5. The van der Waals surface area contributed by atoms with E-state index in [1.54, 1.807) is 12.1 Å². The van der Waals surface area contributed by atoms with Crippen molar-refractivity contribution < 1.29 is 28.3 Å². The molecule has 1 fully saturated rings. The van der Waals surface area contributed by atoms with E-state index < -0.39 is 24.5 Å². The number of urea groups is 1. The number of imide groups is 1. The van der Waals surface area contributed by atoms with Gasteiger partial charge in [-0.05, 0) is 43.3 Å². The van der Waals surface area contributed by atoms with Crippen LogP contribution in [0.2, 0.25) is 0 Å². The highest BCUT2D eigenvalue weighted by molar-refractivity contribution is 6.15. The first kappa shape index (κ1) is 18.2. The minimum absolute atomic E-state index is 0.0245. The summed E-state index contributed by atoms with van der Waals surface area (Å²) in [5.41, 5.74) is 0.869. The molecular weight excluding hydrogens is 352 g/mol. The van der Waals surface area contributed by atoms with Crippen LogP contribution < -0.4 is 10.1 Å². The van der Waals surface area contributed by atoms with Gasteiger partial charge < -0.3 is 19.2 Å². The molecule has 27 heavy (non-hydrogen) atoms. The summed E-state index contributed by atoms with van der Waals surface area (Å²) >= 11 is 0. The molecule has 1 saturated heterocycles. The topological polar surface area (TPSA) is 98.1 Å². The van der Waals surface area contributed by atoms with E-state index in [9.17, 15) is 14.4 Å². The molecule has 1 aliphatic rings. The lowest BCUT2D eigenvalue weighted by molar-refractivity contribution is -0.143. The molecule has 1 aromatic carbocycles. The zero-order valence-corrected chi connectivity index (χ0v) is 14.9. The van der Waals surface area contributed by atoms with Crippen LogP contribution in [-0.2, 0) is 14.3 Å². The van der Waals surface area contributed by atoms with E-state index in [0.29, 0.717) is 18.1 Å². The highest BCUT2D eigenvalue weighted by Gasteiger charge is 2.35. The second-order valence-electron chi connectivity index (χ2n) is 5.62. The lowest BCUT2D eigenvalue weighted by Crippen LogP contribution is -2.36. The minimum Gasteiger partial charge on any atom is -0.494 e. The van der Waals surface area contributed by atoms with Crippen molar-refractivity contribution in [2.24, 2.45) is 0 Å². The maximum absolute atomic E-state index is 12.3. The SMILES string of the molecule is CCOc1ccc(-c2ccc(/C=C3/NC(=O)N(CC(=O)OC)C3=O)o2)cc1. The van der Waals surface area contributed by atoms with E-state index in [2.05, 4.69) is 10.1 Å². The van der Waals surface area contributed by atoms with E-state index in [4.69, 9.17) is 9.15 Å². The van der Waals surface area contributed by atoms with Crippen LogP contribution in [0.5, 0.6) is 5.75 Å². The summed E-state index contributed by atoms with van der Waals surface area (Å²) in [6, 6.07) is 10.2. The molecule has 1 aromatic heterocycles. The number of furan rings is 1. The Morgan fingerprint density at radius 1 is 1.19 bits per heavy atom. The predicted molar refractivity (Wildman–Crippen MR) is 95.6 cm³/mol. The van der Waals surface area contributed by atoms with Crippen LogP contribution in [0.25, 0.3) is 17.4 Å². The van der Waals surface area contributed by atoms with Gasteiger partial charge in [-0.3, -0.25) is 9.59 Å². The van der Waals surface area contributed by atoms with Crippen LogP contribution in [0.15, 0.2) is 46.5 Å². The van der Waals surface area contributed by atoms with Gasteiger partial charge in [-0.15, -0.1) is 0 Å². The number of benzene rings is 1. The third kappa shape index (κ3) is 4.00. The summed E-state index contributed by atoms with van der Waals surface area (Å²) in [7, 11) is 1.18. The molecule has 3 amide bonds. The molecule has 0 unspecified atom stereocenters. The first-order valence-corrected chi connectivity index (χ1v) is 8.26. The fraction of sp³-hybridized carbons (Fsp3) is 0.211. The van der Waals surface area contributed by atoms with Crippen molar-refractivity contribution in [3.8, 4) is 17.1 Å². The van der Waals surface area contributed by atoms with Gasteiger partial charge in [0.1, 0.15) is 29.5 Å². The Morgan fingerprint density at radius 3 is 2.59 bits per heavy atom. The third-order valence-corrected chi connectivity index (χ3v) is 3.84. The van der Waals surface area contributed by atoms with Crippen LogP contribution in [0.4, 0.5) is 4.79 Å². The smallest absolute Gasteiger partial charge is 0.329 e. The summed E-state index contributed by atoms with van der Waals surface area (Å²) in [4.78, 5) is 36.2. The fourth-order valence-corrected chi connectivity index (χ4v) is 2.52. The Kier molecular flexibility index (Phi) is 5.25. The van der Waals surface area contributed by atoms with Crippen LogP contribution in [-0.4, -0.2) is 43.1 Å². The monoisotopic (exact) mass is 370 g/mol. The number of rotatable bonds is 6. The minimum atomic E-state index is -0.685. The number of amides is 3. The summed E-state index contributed by atoms with van der Waals surface area (Å²) in [6.45, 7) is 2.05. The van der Waals surface area contributed by atoms with Gasteiger partial charge >= 0.3 is 12.0 Å². The quantitative estimate of drug-likeness (QED) is 0.476. The summed E-state index contributed by atoms with van der Waals surface area (Å²) in [5.74, 6) is 0.454. The number of carbonyl (C=O) groups excluding carboxylic acids is 3. The van der Waals surface area contributed by atoms with E-state index >= 15 is 0 Å². The van der Waals surface area contributed by atoms with Gasteiger partial charge in [0.15, 0.2) is 0 Å². The molecule has 2 aromatic rings. The maximum Gasteiger partial charge on any atom is 0.329 e. The van der Waals surface area contributed by atoms with Crippen LogP contribution in [0, 0.1) is 0 Å². The molecule has 8 heteroatoms. The molecule has 0 radical (unpaired) electrons. The van der Waals surface area contributed by atoms with Crippen molar-refractivity contribution in [1.29, 1.82) is 0 Å². The van der Waals surface area contributed by atoms with Crippen LogP contribution >= 0.6 is 0 Å². The first-order chi connectivity index (χ1) is 13.0. The number of methoxy groups -OCH3 is 1. The van der Waals surface area contributed by atoms with Gasteiger partial charge in [0, 0.05) is 11.6 Å². The van der Waals surface area contributed by atoms with Gasteiger partial charge in [-0.1, -0.05) is 0 Å². The zero-order valence-electron chi connectivity index (χ0n) is 14.9. The standard InChI is InChI=1S/C19H18N2O6/c1-3-26-13-6-4-12(5-7-13)16-9-8-14(27-16)10-15-18(23)21(19(24)20-15)11-17(22)25-2/h4-10H,3,11H2,1-2H3,(H,20,24)/b15-10+. The number of carbonyl (C=O) groups is 3. The molecule has 0 spiro atoms. The fourth-order valence-electron chi connectivity index (χ4n) is 2.52. The summed E-state index contributed by atoms with van der Waals surface area (Å²) in [5, 5.41) is 2.42. The van der Waals surface area contributed by atoms with Crippen molar-refractivity contribution in [2.75, 3.05) is 20.3 Å². The van der Waals surface area contributed by atoms with Crippen molar-refractivity contribution in [3.63, 3.8) is 0 Å². The van der Waals surface area contributed by atoms with E-state index in [1.165, 1.54) is 13.2 Å². The molecule has 2 heterocycles. The number of hydrogen-bond acceptors (Lipinski definition) is 6. The summed E-state index contributed by atoms with van der Waals surface area (Å²) < 4.78 is 15.6. The Balaban J connectivity index is 1.76. The molecule has 0 aliphatic carbocycles. The van der Waals surface area contributed by atoms with Crippen LogP contribution in [0.1, 0.15) is 12.7 Å². The summed E-state index contributed by atoms with van der Waals surface area (Å²) in [6.07, 6.45) is 1.41. The number of ether oxygens (including phenoxy) is 2. The average Bonchev–Trinajstić information content (AvgIpc) is 3.23. The van der Waals surface area contributed by atoms with Gasteiger partial charge in [0.2, 0.25) is 0 Å². The highest BCUT2D eigenvalue weighted by Crippen LogP contribution is 2.26. The Hall–Kier alpha value is -3.55. The lowest BCUT2D eigenvalue weighted by Gasteiger charge is -2.08. The molecule has 0 atom stereocenters.